The van der Waals surface area contributed by atoms with Crippen LogP contribution in [0.15, 0.2) is 38.3 Å². The van der Waals surface area contributed by atoms with Crippen molar-refractivity contribution in [3.8, 4) is 0 Å². The van der Waals surface area contributed by atoms with E-state index in [0.29, 0.717) is 23.4 Å². The highest BCUT2D eigenvalue weighted by atomic mass is 16.5. The summed E-state index contributed by atoms with van der Waals surface area (Å²) in [7, 11) is 0. The molecule has 2 aromatic rings. The van der Waals surface area contributed by atoms with Gasteiger partial charge in [0.05, 0.1) is 10.9 Å². The van der Waals surface area contributed by atoms with Crippen molar-refractivity contribution >= 4 is 10.9 Å². The molecule has 1 aromatic heterocycles. The van der Waals surface area contributed by atoms with Gasteiger partial charge < -0.3 is 9.15 Å². The summed E-state index contributed by atoms with van der Waals surface area (Å²) in [5.74, 6) is -0.183. The minimum atomic E-state index is -0.574. The molecule has 1 saturated heterocycles. The number of ether oxygens (including phenoxy) is 1. The van der Waals surface area contributed by atoms with Gasteiger partial charge >= 0.3 is 11.4 Å². The molecule has 2 heterocycles. The molecule has 1 aliphatic heterocycles. The fraction of sp³-hybridized carbons (Fsp3) is 0.429. The van der Waals surface area contributed by atoms with Crippen molar-refractivity contribution in [3.05, 3.63) is 45.2 Å². The molecule has 5 nitrogen and oxygen atoms in total. The molecule has 0 aliphatic carbocycles. The fourth-order valence-corrected chi connectivity index (χ4v) is 2.53. The molecular weight excluding hydrogens is 246 g/mol. The SMILES string of the molecule is O=c1oc(=O)n(CC2CCOCC2)c2ccccc12. The molecule has 0 bridgehead atoms. The second-order valence-corrected chi connectivity index (χ2v) is 4.84. The van der Waals surface area contributed by atoms with Gasteiger partial charge in [0.15, 0.2) is 0 Å². The topological polar surface area (TPSA) is 61.4 Å². The Morgan fingerprint density at radius 3 is 2.68 bits per heavy atom. The van der Waals surface area contributed by atoms with E-state index >= 15 is 0 Å². The van der Waals surface area contributed by atoms with Gasteiger partial charge in [-0.15, -0.1) is 0 Å². The van der Waals surface area contributed by atoms with Crippen LogP contribution in [-0.2, 0) is 11.3 Å². The first kappa shape index (κ1) is 12.2. The number of fused-ring (bicyclic) bond motifs is 1. The number of hydrogen-bond acceptors (Lipinski definition) is 4. The molecule has 0 N–H and O–H groups in total. The zero-order valence-electron chi connectivity index (χ0n) is 10.5. The van der Waals surface area contributed by atoms with E-state index < -0.39 is 11.4 Å². The van der Waals surface area contributed by atoms with Gasteiger partial charge in [0, 0.05) is 19.8 Å². The number of rotatable bonds is 2. The van der Waals surface area contributed by atoms with Crippen LogP contribution in [0.4, 0.5) is 0 Å². The van der Waals surface area contributed by atoms with Gasteiger partial charge in [0.2, 0.25) is 0 Å². The molecule has 0 unspecified atom stereocenters. The smallest absolute Gasteiger partial charge is 0.381 e. The molecule has 0 saturated carbocycles. The molecule has 100 valence electrons. The van der Waals surface area contributed by atoms with E-state index in [1.54, 1.807) is 22.8 Å². The molecule has 1 aromatic carbocycles. The van der Waals surface area contributed by atoms with E-state index in [-0.39, 0.29) is 0 Å². The summed E-state index contributed by atoms with van der Waals surface area (Å²) in [5.41, 5.74) is 0.0825. The van der Waals surface area contributed by atoms with Gasteiger partial charge in [-0.25, -0.2) is 9.59 Å². The van der Waals surface area contributed by atoms with Crippen molar-refractivity contribution in [2.45, 2.75) is 19.4 Å². The number of hydrogen-bond donors (Lipinski definition) is 0. The predicted octanol–water partition coefficient (Wildman–Crippen LogP) is 1.38. The first-order valence-corrected chi connectivity index (χ1v) is 6.46. The normalized spacial score (nSPS) is 16.8. The number of nitrogens with zero attached hydrogens (tertiary/aromatic N) is 1. The summed E-state index contributed by atoms with van der Waals surface area (Å²) in [6, 6.07) is 7.05. The summed E-state index contributed by atoms with van der Waals surface area (Å²) in [5, 5.41) is 0.453. The van der Waals surface area contributed by atoms with E-state index in [9.17, 15) is 9.59 Å². The van der Waals surface area contributed by atoms with E-state index in [2.05, 4.69) is 0 Å². The van der Waals surface area contributed by atoms with Gasteiger partial charge in [0.1, 0.15) is 0 Å². The second kappa shape index (κ2) is 5.01. The first-order valence-electron chi connectivity index (χ1n) is 6.46. The summed E-state index contributed by atoms with van der Waals surface area (Å²) in [6.07, 6.45) is 1.86. The molecule has 1 fully saturated rings. The van der Waals surface area contributed by atoms with E-state index in [1.807, 2.05) is 6.07 Å². The Morgan fingerprint density at radius 2 is 1.89 bits per heavy atom. The van der Waals surface area contributed by atoms with Crippen molar-refractivity contribution in [3.63, 3.8) is 0 Å². The lowest BCUT2D eigenvalue weighted by Gasteiger charge is -2.22. The largest absolute Gasteiger partial charge is 0.422 e. The highest BCUT2D eigenvalue weighted by molar-refractivity contribution is 5.77. The molecule has 3 rings (SSSR count). The van der Waals surface area contributed by atoms with E-state index in [0.717, 1.165) is 26.1 Å². The maximum Gasteiger partial charge on any atom is 0.422 e. The van der Waals surface area contributed by atoms with Crippen LogP contribution in [-0.4, -0.2) is 17.8 Å². The minimum Gasteiger partial charge on any atom is -0.381 e. The average molecular weight is 261 g/mol. The lowest BCUT2D eigenvalue weighted by molar-refractivity contribution is 0.0606. The van der Waals surface area contributed by atoms with Crippen LogP contribution in [0.1, 0.15) is 12.8 Å². The van der Waals surface area contributed by atoms with Crippen molar-refractivity contribution < 1.29 is 9.15 Å². The number of para-hydroxylation sites is 1. The van der Waals surface area contributed by atoms with Gasteiger partial charge in [-0.05, 0) is 30.9 Å². The molecule has 0 spiro atoms. The van der Waals surface area contributed by atoms with Gasteiger partial charge in [0.25, 0.3) is 0 Å². The van der Waals surface area contributed by atoms with Crippen LogP contribution >= 0.6 is 0 Å². The summed E-state index contributed by atoms with van der Waals surface area (Å²) >= 11 is 0. The van der Waals surface area contributed by atoms with E-state index in [4.69, 9.17) is 9.15 Å². The zero-order valence-corrected chi connectivity index (χ0v) is 10.5. The Labute approximate surface area is 109 Å². The molecule has 5 heteroatoms. The third-order valence-electron chi connectivity index (χ3n) is 3.60. The van der Waals surface area contributed by atoms with Crippen LogP contribution in [0.5, 0.6) is 0 Å². The molecular formula is C14H15NO4. The maximum atomic E-state index is 11.9. The van der Waals surface area contributed by atoms with Crippen molar-refractivity contribution in [2.75, 3.05) is 13.2 Å². The second-order valence-electron chi connectivity index (χ2n) is 4.84. The monoisotopic (exact) mass is 261 g/mol. The van der Waals surface area contributed by atoms with Gasteiger partial charge in [-0.2, -0.15) is 0 Å². The predicted molar refractivity (Wildman–Crippen MR) is 70.3 cm³/mol. The Bertz CT molecular complexity index is 694. The van der Waals surface area contributed by atoms with Gasteiger partial charge in [-0.1, -0.05) is 12.1 Å². The third-order valence-corrected chi connectivity index (χ3v) is 3.60. The third kappa shape index (κ3) is 2.33. The van der Waals surface area contributed by atoms with E-state index in [1.165, 1.54) is 0 Å². The van der Waals surface area contributed by atoms with Crippen molar-refractivity contribution in [2.24, 2.45) is 5.92 Å². The number of benzene rings is 1. The molecule has 0 atom stereocenters. The Kier molecular flexibility index (Phi) is 3.21. The molecule has 0 radical (unpaired) electrons. The molecule has 19 heavy (non-hydrogen) atoms. The summed E-state index contributed by atoms with van der Waals surface area (Å²) in [4.78, 5) is 23.5. The average Bonchev–Trinajstić information content (AvgIpc) is 2.45. The lowest BCUT2D eigenvalue weighted by Crippen LogP contribution is -2.30. The first-order chi connectivity index (χ1) is 9.25. The molecule has 0 amide bonds. The Balaban J connectivity index is 2.07. The fourth-order valence-electron chi connectivity index (χ4n) is 2.53. The quantitative estimate of drug-likeness (QED) is 0.819. The van der Waals surface area contributed by atoms with Crippen LogP contribution in [0.2, 0.25) is 0 Å². The Hall–Kier alpha value is -1.88. The van der Waals surface area contributed by atoms with Crippen LogP contribution in [0.25, 0.3) is 10.9 Å². The van der Waals surface area contributed by atoms with Crippen LogP contribution in [0, 0.1) is 5.92 Å². The Morgan fingerprint density at radius 1 is 1.16 bits per heavy atom. The highest BCUT2D eigenvalue weighted by Gasteiger charge is 2.17. The highest BCUT2D eigenvalue weighted by Crippen LogP contribution is 2.18. The summed E-state index contributed by atoms with van der Waals surface area (Å²) in [6.45, 7) is 2.04. The maximum absolute atomic E-state index is 11.9. The standard InChI is InChI=1S/C14H15NO4/c16-13-11-3-1-2-4-12(11)15(14(17)19-13)9-10-5-7-18-8-6-10/h1-4,10H,5-9H2. The zero-order chi connectivity index (χ0) is 13.2. The molecule has 1 aliphatic rings. The van der Waals surface area contributed by atoms with Crippen molar-refractivity contribution in [1.29, 1.82) is 0 Å². The minimum absolute atomic E-state index is 0.391. The van der Waals surface area contributed by atoms with Crippen molar-refractivity contribution in [1.82, 2.24) is 4.57 Å². The lowest BCUT2D eigenvalue weighted by atomic mass is 10.0. The summed E-state index contributed by atoms with van der Waals surface area (Å²) < 4.78 is 11.7. The number of aromatic nitrogens is 1. The van der Waals surface area contributed by atoms with Crippen LogP contribution < -0.4 is 11.4 Å². The van der Waals surface area contributed by atoms with Crippen LogP contribution in [0.3, 0.4) is 0 Å². The van der Waals surface area contributed by atoms with Gasteiger partial charge in [-0.3, -0.25) is 4.57 Å².